The minimum absolute atomic E-state index is 0.0426. The van der Waals surface area contributed by atoms with Crippen LogP contribution in [0.3, 0.4) is 0 Å². The summed E-state index contributed by atoms with van der Waals surface area (Å²) in [5.41, 5.74) is 1.95. The summed E-state index contributed by atoms with van der Waals surface area (Å²) in [7, 11) is 0. The standard InChI is InChI=1S/C15H11NOS3/c1-10-4-2-5-11(8-10)16-14(17)13(20-15(16)18)9-12-6-3-7-19-12/h2-9H,1H3/b13-9-. The van der Waals surface area contributed by atoms with Crippen LogP contribution in [0.25, 0.3) is 6.08 Å². The number of thioether (sulfide) groups is 1. The van der Waals surface area contributed by atoms with Gasteiger partial charge in [0, 0.05) is 4.88 Å². The van der Waals surface area contributed by atoms with Crippen molar-refractivity contribution in [1.29, 1.82) is 0 Å². The Kier molecular flexibility index (Phi) is 3.74. The highest BCUT2D eigenvalue weighted by Gasteiger charge is 2.33. The predicted octanol–water partition coefficient (Wildman–Crippen LogP) is 4.46. The molecule has 1 saturated heterocycles. The second-order valence-electron chi connectivity index (χ2n) is 4.37. The molecule has 1 aliphatic rings. The third-order valence-electron chi connectivity index (χ3n) is 2.87. The molecule has 3 rings (SSSR count). The highest BCUT2D eigenvalue weighted by Crippen LogP contribution is 2.36. The van der Waals surface area contributed by atoms with Crippen LogP contribution in [0, 0.1) is 6.92 Å². The third kappa shape index (κ3) is 2.57. The molecule has 2 aromatic rings. The number of amides is 1. The number of carbonyl (C=O) groups excluding carboxylic acids is 1. The van der Waals surface area contributed by atoms with Crippen LogP contribution in [0.2, 0.25) is 0 Å². The van der Waals surface area contributed by atoms with E-state index in [1.54, 1.807) is 16.2 Å². The van der Waals surface area contributed by atoms with E-state index in [0.717, 1.165) is 16.1 Å². The van der Waals surface area contributed by atoms with Crippen molar-refractivity contribution in [2.45, 2.75) is 6.92 Å². The van der Waals surface area contributed by atoms with Crippen LogP contribution < -0.4 is 4.90 Å². The van der Waals surface area contributed by atoms with Gasteiger partial charge in [-0.3, -0.25) is 9.69 Å². The second kappa shape index (κ2) is 5.52. The fourth-order valence-corrected chi connectivity index (χ4v) is 3.98. The van der Waals surface area contributed by atoms with Crippen molar-refractivity contribution >= 4 is 57.3 Å². The monoisotopic (exact) mass is 317 g/mol. The van der Waals surface area contributed by atoms with Crippen LogP contribution >= 0.6 is 35.3 Å². The highest BCUT2D eigenvalue weighted by atomic mass is 32.2. The van der Waals surface area contributed by atoms with Gasteiger partial charge in [0.2, 0.25) is 0 Å². The van der Waals surface area contributed by atoms with Crippen molar-refractivity contribution in [1.82, 2.24) is 0 Å². The van der Waals surface area contributed by atoms with Gasteiger partial charge >= 0.3 is 0 Å². The fraction of sp³-hybridized carbons (Fsp3) is 0.0667. The number of hydrogen-bond donors (Lipinski definition) is 0. The molecule has 0 atom stereocenters. The van der Waals surface area contributed by atoms with Crippen molar-refractivity contribution < 1.29 is 4.79 Å². The molecular weight excluding hydrogens is 306 g/mol. The van der Waals surface area contributed by atoms with E-state index in [9.17, 15) is 4.79 Å². The van der Waals surface area contributed by atoms with Gasteiger partial charge in [-0.15, -0.1) is 11.3 Å². The molecule has 2 nitrogen and oxygen atoms in total. The van der Waals surface area contributed by atoms with Crippen LogP contribution in [0.5, 0.6) is 0 Å². The number of nitrogens with zero attached hydrogens (tertiary/aromatic N) is 1. The van der Waals surface area contributed by atoms with Gasteiger partial charge in [0.05, 0.1) is 10.6 Å². The number of rotatable bonds is 2. The number of anilines is 1. The van der Waals surface area contributed by atoms with Gasteiger partial charge in [-0.1, -0.05) is 42.2 Å². The van der Waals surface area contributed by atoms with Gasteiger partial charge < -0.3 is 0 Å². The van der Waals surface area contributed by atoms with E-state index in [1.807, 2.05) is 54.8 Å². The third-order valence-corrected chi connectivity index (χ3v) is 4.99. The van der Waals surface area contributed by atoms with Crippen LogP contribution in [0.1, 0.15) is 10.4 Å². The lowest BCUT2D eigenvalue weighted by Gasteiger charge is -2.14. The molecule has 0 saturated carbocycles. The maximum atomic E-state index is 12.5. The van der Waals surface area contributed by atoms with Gasteiger partial charge in [0.25, 0.3) is 5.91 Å². The van der Waals surface area contributed by atoms with E-state index < -0.39 is 0 Å². The van der Waals surface area contributed by atoms with E-state index in [0.29, 0.717) is 9.23 Å². The van der Waals surface area contributed by atoms with E-state index in [1.165, 1.54) is 11.8 Å². The number of thiocarbonyl (C=S) groups is 1. The zero-order valence-electron chi connectivity index (χ0n) is 10.7. The quantitative estimate of drug-likeness (QED) is 0.602. The summed E-state index contributed by atoms with van der Waals surface area (Å²) in [4.78, 5) is 15.9. The van der Waals surface area contributed by atoms with Gasteiger partial charge in [-0.25, -0.2) is 0 Å². The Balaban J connectivity index is 1.95. The van der Waals surface area contributed by atoms with Gasteiger partial charge in [-0.05, 0) is 42.1 Å². The average molecular weight is 317 g/mol. The lowest BCUT2D eigenvalue weighted by atomic mass is 10.2. The number of thiophene rings is 1. The first-order chi connectivity index (χ1) is 9.65. The lowest BCUT2D eigenvalue weighted by Crippen LogP contribution is -2.27. The molecule has 0 N–H and O–H groups in total. The van der Waals surface area contributed by atoms with E-state index >= 15 is 0 Å². The minimum Gasteiger partial charge on any atom is -0.268 e. The first-order valence-corrected chi connectivity index (χ1v) is 8.14. The summed E-state index contributed by atoms with van der Waals surface area (Å²) < 4.78 is 0.586. The molecule has 0 aliphatic carbocycles. The van der Waals surface area contributed by atoms with Gasteiger partial charge in [0.1, 0.15) is 0 Å². The summed E-state index contributed by atoms with van der Waals surface area (Å²) in [5.74, 6) is -0.0426. The molecule has 1 amide bonds. The maximum Gasteiger partial charge on any atom is 0.270 e. The number of benzene rings is 1. The van der Waals surface area contributed by atoms with Crippen molar-refractivity contribution in [3.05, 3.63) is 57.1 Å². The fourth-order valence-electron chi connectivity index (χ4n) is 1.96. The van der Waals surface area contributed by atoms with Crippen molar-refractivity contribution in [2.24, 2.45) is 0 Å². The minimum atomic E-state index is -0.0426. The summed E-state index contributed by atoms with van der Waals surface area (Å²) >= 11 is 8.31. The van der Waals surface area contributed by atoms with Gasteiger partial charge in [-0.2, -0.15) is 0 Å². The number of carbonyl (C=O) groups is 1. The van der Waals surface area contributed by atoms with E-state index in [-0.39, 0.29) is 5.91 Å². The largest absolute Gasteiger partial charge is 0.270 e. The Morgan fingerprint density at radius 1 is 1.25 bits per heavy atom. The van der Waals surface area contributed by atoms with E-state index in [2.05, 4.69) is 0 Å². The summed E-state index contributed by atoms with van der Waals surface area (Å²) in [6, 6.07) is 11.8. The van der Waals surface area contributed by atoms with Crippen LogP contribution in [0.4, 0.5) is 5.69 Å². The Bertz CT molecular complexity index is 704. The molecular formula is C15H11NOS3. The molecule has 20 heavy (non-hydrogen) atoms. The van der Waals surface area contributed by atoms with Crippen molar-refractivity contribution in [3.8, 4) is 0 Å². The number of aryl methyl sites for hydroxylation is 1. The summed E-state index contributed by atoms with van der Waals surface area (Å²) in [5, 5.41) is 1.99. The molecule has 0 radical (unpaired) electrons. The zero-order chi connectivity index (χ0) is 14.1. The zero-order valence-corrected chi connectivity index (χ0v) is 13.1. The molecule has 2 heterocycles. The maximum absolute atomic E-state index is 12.5. The summed E-state index contributed by atoms with van der Waals surface area (Å²) in [6.07, 6.45) is 1.90. The van der Waals surface area contributed by atoms with Crippen molar-refractivity contribution in [3.63, 3.8) is 0 Å². The van der Waals surface area contributed by atoms with E-state index in [4.69, 9.17) is 12.2 Å². The van der Waals surface area contributed by atoms with Gasteiger partial charge in [0.15, 0.2) is 4.32 Å². The first-order valence-electron chi connectivity index (χ1n) is 6.03. The first kappa shape index (κ1) is 13.5. The lowest BCUT2D eigenvalue weighted by molar-refractivity contribution is -0.113. The average Bonchev–Trinajstić information content (AvgIpc) is 2.99. The topological polar surface area (TPSA) is 20.3 Å². The highest BCUT2D eigenvalue weighted by molar-refractivity contribution is 8.27. The van der Waals surface area contributed by atoms with Crippen LogP contribution in [0.15, 0.2) is 46.7 Å². The molecule has 5 heteroatoms. The summed E-state index contributed by atoms with van der Waals surface area (Å²) in [6.45, 7) is 2.00. The smallest absolute Gasteiger partial charge is 0.268 e. The SMILES string of the molecule is Cc1cccc(N2C(=O)/C(=C/c3cccs3)SC2=S)c1. The predicted molar refractivity (Wildman–Crippen MR) is 91.2 cm³/mol. The normalized spacial score (nSPS) is 17.2. The van der Waals surface area contributed by atoms with Crippen LogP contribution in [-0.2, 0) is 4.79 Å². The Morgan fingerprint density at radius 2 is 2.10 bits per heavy atom. The molecule has 0 bridgehead atoms. The molecule has 0 spiro atoms. The Labute approximate surface area is 131 Å². The molecule has 1 aromatic heterocycles. The Hall–Kier alpha value is -1.43. The Morgan fingerprint density at radius 3 is 2.80 bits per heavy atom. The van der Waals surface area contributed by atoms with Crippen molar-refractivity contribution in [2.75, 3.05) is 4.90 Å². The molecule has 1 fully saturated rings. The molecule has 1 aliphatic heterocycles. The van der Waals surface area contributed by atoms with Crippen LogP contribution in [-0.4, -0.2) is 10.2 Å². The second-order valence-corrected chi connectivity index (χ2v) is 7.03. The molecule has 0 unspecified atom stereocenters. The number of hydrogen-bond acceptors (Lipinski definition) is 4. The molecule has 100 valence electrons. The molecule has 1 aromatic carbocycles.